The van der Waals surface area contributed by atoms with E-state index >= 15 is 0 Å². The predicted molar refractivity (Wildman–Crippen MR) is 133 cm³/mol. The smallest absolute Gasteiger partial charge is 0.234 e. The highest BCUT2D eigenvalue weighted by Gasteiger charge is 2.40. The van der Waals surface area contributed by atoms with Crippen molar-refractivity contribution in [2.24, 2.45) is 5.92 Å². The summed E-state index contributed by atoms with van der Waals surface area (Å²) in [6.45, 7) is 4.20. The number of likely N-dealkylation sites (tertiary alicyclic amines) is 1. The molecule has 2 aromatic rings. The molecule has 0 bridgehead atoms. The van der Waals surface area contributed by atoms with Gasteiger partial charge in [0.1, 0.15) is 11.2 Å². The molecule has 9 heteroatoms. The van der Waals surface area contributed by atoms with Gasteiger partial charge in [0.15, 0.2) is 0 Å². The molecule has 0 aliphatic carbocycles. The normalized spacial score (nSPS) is 22.9. The minimum absolute atomic E-state index is 0.0343. The number of carbonyl (C=O) groups excluding carboxylic acids is 2. The Hall–Kier alpha value is -2.26. The first kappa shape index (κ1) is 23.9. The molecule has 2 saturated heterocycles. The Labute approximate surface area is 203 Å². The van der Waals surface area contributed by atoms with Crippen LogP contribution < -0.4 is 20.7 Å². The highest BCUT2D eigenvalue weighted by Crippen LogP contribution is 2.27. The standard InChI is InChI=1S/C24H29ClN4O3S/c1-15-18(25)7-5-8-19(15)26-22(30)14-33-24-27-20-10-11-29(13-17(20)23(31)28-24)12-16-6-3-4-9-21(16)32-2/h3-9,17,20,24,27H,10-14H2,1-2H3,(H,26,30)(H,28,31). The number of hydrogen-bond donors (Lipinski definition) is 3. The zero-order valence-corrected chi connectivity index (χ0v) is 20.3. The van der Waals surface area contributed by atoms with Crippen LogP contribution in [-0.2, 0) is 16.1 Å². The van der Waals surface area contributed by atoms with E-state index in [-0.39, 0.29) is 35.0 Å². The van der Waals surface area contributed by atoms with Crippen LogP contribution in [0.2, 0.25) is 5.02 Å². The van der Waals surface area contributed by atoms with Gasteiger partial charge in [-0.1, -0.05) is 35.9 Å². The number of rotatable bonds is 7. The average molecular weight is 489 g/mol. The molecule has 2 fully saturated rings. The number of carbonyl (C=O) groups is 2. The maximum absolute atomic E-state index is 12.8. The number of amides is 2. The van der Waals surface area contributed by atoms with Crippen LogP contribution in [0.3, 0.4) is 0 Å². The predicted octanol–water partition coefficient (Wildman–Crippen LogP) is 3.22. The van der Waals surface area contributed by atoms with Crippen molar-refractivity contribution in [2.75, 3.05) is 31.3 Å². The van der Waals surface area contributed by atoms with Crippen LogP contribution in [0.15, 0.2) is 42.5 Å². The lowest BCUT2D eigenvalue weighted by molar-refractivity contribution is -0.130. The number of nitrogens with one attached hydrogen (secondary N) is 3. The second-order valence-electron chi connectivity index (χ2n) is 8.38. The fraction of sp³-hybridized carbons (Fsp3) is 0.417. The van der Waals surface area contributed by atoms with Crippen LogP contribution in [-0.4, -0.2) is 54.2 Å². The molecule has 0 aromatic heterocycles. The second-order valence-corrected chi connectivity index (χ2v) is 9.88. The summed E-state index contributed by atoms with van der Waals surface area (Å²) >= 11 is 7.51. The van der Waals surface area contributed by atoms with Gasteiger partial charge in [0.05, 0.1) is 18.8 Å². The topological polar surface area (TPSA) is 82.7 Å². The van der Waals surface area contributed by atoms with Crippen LogP contribution in [0.25, 0.3) is 0 Å². The second kappa shape index (κ2) is 10.8. The van der Waals surface area contributed by atoms with Gasteiger partial charge in [-0.2, -0.15) is 0 Å². The number of thioether (sulfide) groups is 1. The van der Waals surface area contributed by atoms with Crippen LogP contribution in [0.1, 0.15) is 17.5 Å². The number of para-hydroxylation sites is 1. The number of piperidine rings is 1. The zero-order chi connectivity index (χ0) is 23.4. The van der Waals surface area contributed by atoms with Gasteiger partial charge in [-0.25, -0.2) is 0 Å². The van der Waals surface area contributed by atoms with Crippen molar-refractivity contribution in [2.45, 2.75) is 31.4 Å². The monoisotopic (exact) mass is 488 g/mol. The zero-order valence-electron chi connectivity index (χ0n) is 18.8. The molecule has 2 aliphatic heterocycles. The fourth-order valence-electron chi connectivity index (χ4n) is 4.35. The summed E-state index contributed by atoms with van der Waals surface area (Å²) in [7, 11) is 1.68. The Balaban J connectivity index is 1.28. The van der Waals surface area contributed by atoms with Gasteiger partial charge in [-0.3, -0.25) is 19.8 Å². The van der Waals surface area contributed by atoms with E-state index in [4.69, 9.17) is 16.3 Å². The van der Waals surface area contributed by atoms with E-state index in [1.54, 1.807) is 19.2 Å². The van der Waals surface area contributed by atoms with E-state index in [1.807, 2.05) is 31.2 Å². The first-order valence-corrected chi connectivity index (χ1v) is 12.4. The van der Waals surface area contributed by atoms with E-state index in [1.165, 1.54) is 11.8 Å². The van der Waals surface area contributed by atoms with Gasteiger partial charge < -0.3 is 15.4 Å². The number of benzene rings is 2. The van der Waals surface area contributed by atoms with Crippen molar-refractivity contribution in [3.8, 4) is 5.75 Å². The molecule has 0 saturated carbocycles. The first-order valence-electron chi connectivity index (χ1n) is 11.0. The summed E-state index contributed by atoms with van der Waals surface area (Å²) in [5.74, 6) is 0.880. The Morgan fingerprint density at radius 3 is 2.91 bits per heavy atom. The molecule has 3 unspecified atom stereocenters. The molecule has 3 N–H and O–H groups in total. The molecule has 3 atom stereocenters. The fourth-order valence-corrected chi connectivity index (χ4v) is 5.39. The van der Waals surface area contributed by atoms with Crippen LogP contribution in [0, 0.1) is 12.8 Å². The first-order chi connectivity index (χ1) is 15.9. The maximum Gasteiger partial charge on any atom is 0.234 e. The van der Waals surface area contributed by atoms with Gasteiger partial charge in [0.25, 0.3) is 0 Å². The van der Waals surface area contributed by atoms with Gasteiger partial charge in [0, 0.05) is 41.9 Å². The molecule has 2 heterocycles. The third-order valence-electron chi connectivity index (χ3n) is 6.18. The Morgan fingerprint density at radius 2 is 2.09 bits per heavy atom. The minimum Gasteiger partial charge on any atom is -0.496 e. The molecule has 0 radical (unpaired) electrons. The molecule has 2 aromatic carbocycles. The van der Waals surface area contributed by atoms with Gasteiger partial charge in [0.2, 0.25) is 11.8 Å². The Morgan fingerprint density at radius 1 is 1.27 bits per heavy atom. The molecule has 2 amide bonds. The van der Waals surface area contributed by atoms with Crippen molar-refractivity contribution in [1.82, 2.24) is 15.5 Å². The molecule has 33 heavy (non-hydrogen) atoms. The molecule has 0 spiro atoms. The molecular weight excluding hydrogens is 460 g/mol. The van der Waals surface area contributed by atoms with Gasteiger partial charge >= 0.3 is 0 Å². The van der Waals surface area contributed by atoms with Crippen LogP contribution in [0.4, 0.5) is 5.69 Å². The van der Waals surface area contributed by atoms with Crippen LogP contribution >= 0.6 is 23.4 Å². The van der Waals surface area contributed by atoms with E-state index < -0.39 is 0 Å². The third-order valence-corrected chi connectivity index (χ3v) is 7.61. The van der Waals surface area contributed by atoms with Crippen molar-refractivity contribution in [3.63, 3.8) is 0 Å². The van der Waals surface area contributed by atoms with Crippen molar-refractivity contribution in [3.05, 3.63) is 58.6 Å². The summed E-state index contributed by atoms with van der Waals surface area (Å²) in [6.07, 6.45) is 0.873. The number of ether oxygens (including phenoxy) is 1. The molecule has 176 valence electrons. The summed E-state index contributed by atoms with van der Waals surface area (Å²) < 4.78 is 5.46. The molecule has 2 aliphatic rings. The number of anilines is 1. The quantitative estimate of drug-likeness (QED) is 0.555. The highest BCUT2D eigenvalue weighted by molar-refractivity contribution is 8.00. The molecule has 4 rings (SSSR count). The lowest BCUT2D eigenvalue weighted by Crippen LogP contribution is -2.64. The lowest BCUT2D eigenvalue weighted by Gasteiger charge is -2.43. The summed E-state index contributed by atoms with van der Waals surface area (Å²) in [4.78, 5) is 27.6. The number of methoxy groups -OCH3 is 1. The maximum atomic E-state index is 12.8. The van der Waals surface area contributed by atoms with Gasteiger partial charge in [-0.15, -0.1) is 11.8 Å². The Kier molecular flexibility index (Phi) is 7.80. The van der Waals surface area contributed by atoms with Crippen molar-refractivity contribution in [1.29, 1.82) is 0 Å². The van der Waals surface area contributed by atoms with Crippen LogP contribution in [0.5, 0.6) is 5.75 Å². The van der Waals surface area contributed by atoms with E-state index in [0.29, 0.717) is 17.3 Å². The highest BCUT2D eigenvalue weighted by atomic mass is 35.5. The number of fused-ring (bicyclic) bond motifs is 1. The van der Waals surface area contributed by atoms with Crippen molar-refractivity contribution >= 4 is 40.9 Å². The SMILES string of the molecule is COc1ccccc1CN1CCC2NC(SCC(=O)Nc3cccc(Cl)c3C)NC(=O)C2C1. The van der Waals surface area contributed by atoms with Gasteiger partial charge in [-0.05, 0) is 37.1 Å². The summed E-state index contributed by atoms with van der Waals surface area (Å²) in [5, 5.41) is 10.0. The largest absolute Gasteiger partial charge is 0.496 e. The van der Waals surface area contributed by atoms with E-state index in [2.05, 4.69) is 26.9 Å². The Bertz CT molecular complexity index is 1020. The lowest BCUT2D eigenvalue weighted by atomic mass is 9.89. The molecular formula is C24H29ClN4O3S. The van der Waals surface area contributed by atoms with E-state index in [0.717, 1.165) is 36.4 Å². The molecule has 7 nitrogen and oxygen atoms in total. The summed E-state index contributed by atoms with van der Waals surface area (Å²) in [6, 6.07) is 13.5. The minimum atomic E-state index is -0.286. The third kappa shape index (κ3) is 5.81. The summed E-state index contributed by atoms with van der Waals surface area (Å²) in [5.41, 5.74) is 2.38. The van der Waals surface area contributed by atoms with Crippen molar-refractivity contribution < 1.29 is 14.3 Å². The number of nitrogens with zero attached hydrogens (tertiary/aromatic N) is 1. The number of halogens is 1. The number of hydrogen-bond acceptors (Lipinski definition) is 6. The average Bonchev–Trinajstić information content (AvgIpc) is 2.81. The van der Waals surface area contributed by atoms with E-state index in [9.17, 15) is 9.59 Å².